The molecule has 0 spiro atoms. The fourth-order valence-electron chi connectivity index (χ4n) is 8.17. The van der Waals surface area contributed by atoms with Gasteiger partial charge in [-0.2, -0.15) is 0 Å². The topological polar surface area (TPSA) is 15.3 Å². The number of aryl methyl sites for hydroxylation is 2. The number of rotatable bonds is 15. The predicted molar refractivity (Wildman–Crippen MR) is 190 cm³/mol. The SMILES string of the molecule is C=C(NC)c1ccc(C)c(N(CC2CCC2C(/C=C/CC(CC)C(C)C)CC)CC2(CC)CCCc3cc(Cl)ccc32)c1. The third-order valence-electron chi connectivity index (χ3n) is 11.4. The van der Waals surface area contributed by atoms with Crippen LogP contribution in [0.4, 0.5) is 5.69 Å². The summed E-state index contributed by atoms with van der Waals surface area (Å²) in [6, 6.07) is 13.6. The normalized spacial score (nSPS) is 23.1. The third kappa shape index (κ3) is 7.73. The van der Waals surface area contributed by atoms with E-state index in [4.69, 9.17) is 11.6 Å². The smallest absolute Gasteiger partial charge is 0.0408 e. The number of allylic oxidation sites excluding steroid dienone is 2. The summed E-state index contributed by atoms with van der Waals surface area (Å²) in [5.41, 5.74) is 8.01. The minimum absolute atomic E-state index is 0.135. The molecule has 3 heteroatoms. The Labute approximate surface area is 269 Å². The van der Waals surface area contributed by atoms with Crippen LogP contribution in [0.5, 0.6) is 0 Å². The summed E-state index contributed by atoms with van der Waals surface area (Å²) < 4.78 is 0. The van der Waals surface area contributed by atoms with Crippen molar-refractivity contribution in [2.24, 2.45) is 29.6 Å². The molecular weight excluding hydrogens is 544 g/mol. The molecule has 0 radical (unpaired) electrons. The molecule has 0 saturated heterocycles. The van der Waals surface area contributed by atoms with Crippen molar-refractivity contribution in [3.8, 4) is 0 Å². The Bertz CT molecular complexity index is 1250. The van der Waals surface area contributed by atoms with Gasteiger partial charge in [0.05, 0.1) is 0 Å². The lowest BCUT2D eigenvalue weighted by Crippen LogP contribution is -2.48. The van der Waals surface area contributed by atoms with E-state index in [1.165, 1.54) is 72.9 Å². The Morgan fingerprint density at radius 1 is 1.12 bits per heavy atom. The molecule has 2 aliphatic carbocycles. The number of anilines is 1. The minimum Gasteiger partial charge on any atom is -0.388 e. The Hall–Kier alpha value is -2.19. The van der Waals surface area contributed by atoms with Crippen LogP contribution in [0.2, 0.25) is 5.02 Å². The van der Waals surface area contributed by atoms with Crippen LogP contribution < -0.4 is 10.2 Å². The quantitative estimate of drug-likeness (QED) is 0.204. The second-order valence-corrected chi connectivity index (χ2v) is 14.5. The molecule has 0 amide bonds. The molecular formula is C40H59ClN2. The first-order valence-electron chi connectivity index (χ1n) is 17.3. The molecule has 1 N–H and O–H groups in total. The molecule has 2 nitrogen and oxygen atoms in total. The third-order valence-corrected chi connectivity index (χ3v) is 11.6. The van der Waals surface area contributed by atoms with Crippen molar-refractivity contribution in [2.45, 2.75) is 105 Å². The van der Waals surface area contributed by atoms with Crippen LogP contribution in [-0.2, 0) is 11.8 Å². The Balaban J connectivity index is 1.65. The largest absolute Gasteiger partial charge is 0.388 e. The zero-order chi connectivity index (χ0) is 31.1. The van der Waals surface area contributed by atoms with Gasteiger partial charge in [0, 0.05) is 42.0 Å². The van der Waals surface area contributed by atoms with Crippen molar-refractivity contribution in [3.63, 3.8) is 0 Å². The highest BCUT2D eigenvalue weighted by atomic mass is 35.5. The lowest BCUT2D eigenvalue weighted by molar-refractivity contribution is 0.127. The van der Waals surface area contributed by atoms with E-state index in [1.54, 1.807) is 0 Å². The lowest BCUT2D eigenvalue weighted by atomic mass is 9.65. The summed E-state index contributed by atoms with van der Waals surface area (Å²) in [6.45, 7) is 20.7. The van der Waals surface area contributed by atoms with Crippen molar-refractivity contribution in [1.82, 2.24) is 5.32 Å². The van der Waals surface area contributed by atoms with Crippen molar-refractivity contribution in [2.75, 3.05) is 25.0 Å². The van der Waals surface area contributed by atoms with Crippen LogP contribution >= 0.6 is 11.6 Å². The van der Waals surface area contributed by atoms with Crippen molar-refractivity contribution < 1.29 is 0 Å². The maximum absolute atomic E-state index is 6.50. The van der Waals surface area contributed by atoms with E-state index in [9.17, 15) is 0 Å². The minimum atomic E-state index is 0.135. The Morgan fingerprint density at radius 2 is 1.91 bits per heavy atom. The van der Waals surface area contributed by atoms with E-state index in [0.29, 0.717) is 5.92 Å². The van der Waals surface area contributed by atoms with Gasteiger partial charge in [-0.05, 0) is 128 Å². The molecule has 236 valence electrons. The van der Waals surface area contributed by atoms with Crippen LogP contribution in [0.3, 0.4) is 0 Å². The first-order chi connectivity index (χ1) is 20.7. The summed E-state index contributed by atoms with van der Waals surface area (Å²) in [6.07, 6.45) is 16.3. The first-order valence-corrected chi connectivity index (χ1v) is 17.7. The number of halogens is 1. The number of nitrogens with one attached hydrogen (secondary N) is 1. The maximum Gasteiger partial charge on any atom is 0.0408 e. The van der Waals surface area contributed by atoms with Crippen LogP contribution in [0.1, 0.15) is 108 Å². The lowest BCUT2D eigenvalue weighted by Gasteiger charge is -2.48. The van der Waals surface area contributed by atoms with E-state index in [1.807, 2.05) is 7.05 Å². The van der Waals surface area contributed by atoms with E-state index in [0.717, 1.165) is 60.3 Å². The van der Waals surface area contributed by atoms with Gasteiger partial charge in [0.2, 0.25) is 0 Å². The van der Waals surface area contributed by atoms with Crippen molar-refractivity contribution >= 4 is 23.0 Å². The van der Waals surface area contributed by atoms with Crippen molar-refractivity contribution in [1.29, 1.82) is 0 Å². The van der Waals surface area contributed by atoms with Gasteiger partial charge in [0.1, 0.15) is 0 Å². The Kier molecular flexibility index (Phi) is 11.9. The van der Waals surface area contributed by atoms with Gasteiger partial charge in [0.15, 0.2) is 0 Å². The highest BCUT2D eigenvalue weighted by Gasteiger charge is 2.40. The number of nitrogens with zero attached hydrogens (tertiary/aromatic N) is 1. The molecule has 2 aromatic carbocycles. The highest BCUT2D eigenvalue weighted by molar-refractivity contribution is 6.30. The van der Waals surface area contributed by atoms with E-state index >= 15 is 0 Å². The second-order valence-electron chi connectivity index (χ2n) is 14.0. The van der Waals surface area contributed by atoms with Gasteiger partial charge in [-0.25, -0.2) is 0 Å². The van der Waals surface area contributed by atoms with Crippen LogP contribution in [-0.4, -0.2) is 20.1 Å². The number of fused-ring (bicyclic) bond motifs is 1. The van der Waals surface area contributed by atoms with Gasteiger partial charge >= 0.3 is 0 Å². The molecule has 43 heavy (non-hydrogen) atoms. The molecule has 2 aliphatic rings. The standard InChI is InChI=1S/C40H59ClN2/c1-9-31(28(4)5)14-12-15-32(10-2)37-21-19-35(37)26-43(39-25-33(30(7)42-8)18-17-29(39)6)27-40(11-3)23-13-16-34-24-36(41)20-22-38(34)40/h12,15,17-18,20,22,24-25,28,31-32,35,37,42H,7,9-11,13-14,16,19,21,23,26-27H2,1-6,8H3/b15-12+. The molecule has 5 unspecified atom stereocenters. The van der Waals surface area contributed by atoms with Crippen LogP contribution in [0, 0.1) is 36.5 Å². The molecule has 0 aromatic heterocycles. The van der Waals surface area contributed by atoms with Gasteiger partial charge in [-0.3, -0.25) is 0 Å². The molecule has 1 saturated carbocycles. The monoisotopic (exact) mass is 602 g/mol. The van der Waals surface area contributed by atoms with Crippen LogP contribution in [0.25, 0.3) is 5.70 Å². The van der Waals surface area contributed by atoms with E-state index < -0.39 is 0 Å². The van der Waals surface area contributed by atoms with E-state index in [-0.39, 0.29) is 5.41 Å². The molecule has 2 aromatic rings. The van der Waals surface area contributed by atoms with Crippen LogP contribution in [0.15, 0.2) is 55.1 Å². The van der Waals surface area contributed by atoms with Gasteiger partial charge in [0.25, 0.3) is 0 Å². The average molecular weight is 603 g/mol. The molecule has 0 bridgehead atoms. The molecule has 4 rings (SSSR count). The fraction of sp³-hybridized carbons (Fsp3) is 0.600. The van der Waals surface area contributed by atoms with Gasteiger partial charge in [-0.1, -0.05) is 89.6 Å². The van der Waals surface area contributed by atoms with Gasteiger partial charge in [-0.15, -0.1) is 0 Å². The number of hydrogen-bond donors (Lipinski definition) is 1. The predicted octanol–water partition coefficient (Wildman–Crippen LogP) is 11.0. The molecule has 1 fully saturated rings. The van der Waals surface area contributed by atoms with Crippen molar-refractivity contribution in [3.05, 3.63) is 82.4 Å². The molecule has 5 atom stereocenters. The highest BCUT2D eigenvalue weighted by Crippen LogP contribution is 2.46. The summed E-state index contributed by atoms with van der Waals surface area (Å²) in [5.74, 6) is 3.72. The first kappa shape index (κ1) is 33.7. The number of hydrogen-bond acceptors (Lipinski definition) is 2. The maximum atomic E-state index is 6.50. The summed E-state index contributed by atoms with van der Waals surface area (Å²) in [4.78, 5) is 2.79. The molecule has 0 aliphatic heterocycles. The summed E-state index contributed by atoms with van der Waals surface area (Å²) in [7, 11) is 1.97. The summed E-state index contributed by atoms with van der Waals surface area (Å²) in [5, 5.41) is 4.15. The summed E-state index contributed by atoms with van der Waals surface area (Å²) >= 11 is 6.50. The average Bonchev–Trinajstić information content (AvgIpc) is 2.99. The molecule has 0 heterocycles. The van der Waals surface area contributed by atoms with E-state index in [2.05, 4.69) is 107 Å². The Morgan fingerprint density at radius 3 is 2.53 bits per heavy atom. The number of benzene rings is 2. The van der Waals surface area contributed by atoms with Gasteiger partial charge < -0.3 is 10.2 Å². The zero-order valence-corrected chi connectivity index (χ0v) is 29.1. The second kappa shape index (κ2) is 15.2. The fourth-order valence-corrected chi connectivity index (χ4v) is 8.36. The zero-order valence-electron chi connectivity index (χ0n) is 28.3.